The molecule has 2 aromatic heterocycles. The van der Waals surface area contributed by atoms with Crippen LogP contribution in [0, 0.1) is 24.5 Å². The molecule has 0 fully saturated rings. The average Bonchev–Trinajstić information content (AvgIpc) is 3.78. The van der Waals surface area contributed by atoms with Crippen LogP contribution in [-0.2, 0) is 21.1 Å². The van der Waals surface area contributed by atoms with E-state index in [-0.39, 0.29) is 21.1 Å². The Labute approximate surface area is 328 Å². The monoisotopic (exact) mass is 871 g/mol. The molecule has 10 rings (SSSR count). The van der Waals surface area contributed by atoms with Crippen LogP contribution in [0.4, 0.5) is 0 Å². The summed E-state index contributed by atoms with van der Waals surface area (Å²) in [6.45, 7) is 0. The fraction of sp³-hybridized carbons (Fsp3) is 0. The molecule has 0 atom stereocenters. The summed E-state index contributed by atoms with van der Waals surface area (Å²) in [6, 6.07) is 73.1. The molecular weight excluding hydrogens is 842 g/mol. The van der Waals surface area contributed by atoms with E-state index in [2.05, 4.69) is 178 Å². The summed E-state index contributed by atoms with van der Waals surface area (Å²) in [6.07, 6.45) is 3.67. The molecule has 54 heavy (non-hydrogen) atoms. The molecule has 0 saturated heterocycles. The summed E-state index contributed by atoms with van der Waals surface area (Å²) in [7, 11) is 0. The van der Waals surface area contributed by atoms with Gasteiger partial charge in [-0.2, -0.15) is 42.5 Å². The Hall–Kier alpha value is -6.48. The second-order valence-corrected chi connectivity index (χ2v) is 12.9. The molecule has 0 spiro atoms. The molecule has 5 heteroatoms. The summed E-state index contributed by atoms with van der Waals surface area (Å²) in [5, 5.41) is 2.26. The van der Waals surface area contributed by atoms with Crippen molar-refractivity contribution in [1.29, 1.82) is 0 Å². The van der Waals surface area contributed by atoms with Gasteiger partial charge in [0.25, 0.3) is 6.33 Å². The number of hydrogen-bond donors (Lipinski definition) is 0. The number of nitrogens with zero attached hydrogens (tertiary/aromatic N) is 3. The fourth-order valence-electron chi connectivity index (χ4n) is 7.22. The number of rotatable bonds is 7. The van der Waals surface area contributed by atoms with E-state index in [0.717, 1.165) is 72.2 Å². The zero-order chi connectivity index (χ0) is 35.1. The van der Waals surface area contributed by atoms with Gasteiger partial charge >= 0.3 is 21.1 Å². The van der Waals surface area contributed by atoms with Gasteiger partial charge < -0.3 is 13.9 Å². The maximum atomic E-state index is 6.50. The minimum Gasteiger partial charge on any atom is -0.510 e. The number of ether oxygens (including phenoxy) is 1. The molecule has 0 bridgehead atoms. The minimum absolute atomic E-state index is 0. The van der Waals surface area contributed by atoms with Gasteiger partial charge in [-0.1, -0.05) is 114 Å². The van der Waals surface area contributed by atoms with E-state index in [4.69, 9.17) is 4.74 Å². The molecule has 8 aromatic carbocycles. The fourth-order valence-corrected chi connectivity index (χ4v) is 7.22. The molecule has 4 nitrogen and oxygen atoms in total. The smallest absolute Gasteiger partial charge is 0.510 e. The number of benzene rings is 8. The normalized spacial score (nSPS) is 11.2. The first-order valence-corrected chi connectivity index (χ1v) is 17.6. The third-order valence-electron chi connectivity index (χ3n) is 9.66. The number of para-hydroxylation sites is 4. The number of imidazole rings is 1. The van der Waals surface area contributed by atoms with Gasteiger partial charge in [-0.25, -0.2) is 0 Å². The first-order chi connectivity index (χ1) is 26.3. The second-order valence-electron chi connectivity index (χ2n) is 12.9. The molecular formula is C49H30N3OPt+. The Morgan fingerprint density at radius 3 is 1.87 bits per heavy atom. The standard InChI is InChI=1S/C49H30N3O.Pt/c1-4-15-35(16-5-1)37-29-38(36-17-6-2-7-18-36)31-41(30-37)51-34-50(47-25-12-13-26-48(47)51)40-21-14-22-42(32-40)53-43-27-28-45-44-23-10-11-24-46(44)52(49(45)33-43)39-19-8-3-9-20-39;/h1-19,21-31H;/q-3;+4. The molecule has 0 unspecified atom stereocenters. The van der Waals surface area contributed by atoms with Gasteiger partial charge in [0.05, 0.1) is 16.7 Å². The largest absolute Gasteiger partial charge is 4.00 e. The van der Waals surface area contributed by atoms with Crippen LogP contribution in [-0.4, -0.2) is 9.13 Å². The van der Waals surface area contributed by atoms with Gasteiger partial charge in [-0.3, -0.25) is 4.57 Å². The summed E-state index contributed by atoms with van der Waals surface area (Å²) < 4.78 is 12.9. The molecule has 0 aliphatic rings. The van der Waals surface area contributed by atoms with Crippen molar-refractivity contribution in [3.63, 3.8) is 0 Å². The van der Waals surface area contributed by atoms with Crippen LogP contribution in [0.3, 0.4) is 0 Å². The maximum absolute atomic E-state index is 6.50. The molecule has 0 N–H and O–H groups in total. The van der Waals surface area contributed by atoms with Crippen molar-refractivity contribution in [3.05, 3.63) is 207 Å². The number of hydrogen-bond acceptors (Lipinski definition) is 1. The maximum Gasteiger partial charge on any atom is 4.00 e. The van der Waals surface area contributed by atoms with E-state index in [0.29, 0.717) is 11.5 Å². The second kappa shape index (κ2) is 14.2. The van der Waals surface area contributed by atoms with Crippen molar-refractivity contribution in [2.75, 3.05) is 0 Å². The minimum atomic E-state index is 0. The van der Waals surface area contributed by atoms with E-state index in [1.54, 1.807) is 0 Å². The Kier molecular flexibility index (Phi) is 8.74. The first-order valence-electron chi connectivity index (χ1n) is 17.6. The molecule has 2 heterocycles. The van der Waals surface area contributed by atoms with Gasteiger partial charge in [-0.05, 0) is 57.6 Å². The SMILES string of the molecule is [Pt+4].[c-]1c(Oc2[c-]c3c(cc2)c2ccccc2n3-c2[c-]cccc2)cccc1-n1[c-][n+](-c2cc(-c3ccccc3)cc(-c3ccccc3)c2)c2ccccc21. The molecule has 0 aliphatic carbocycles. The average molecular weight is 872 g/mol. The predicted octanol–water partition coefficient (Wildman–Crippen LogP) is 11.3. The predicted molar refractivity (Wildman–Crippen MR) is 212 cm³/mol. The van der Waals surface area contributed by atoms with E-state index < -0.39 is 0 Å². The Balaban J connectivity index is 0.00000384. The molecule has 0 aliphatic heterocycles. The molecule has 10 aromatic rings. The van der Waals surface area contributed by atoms with Crippen LogP contribution in [0.25, 0.3) is 72.2 Å². The first kappa shape index (κ1) is 33.4. The van der Waals surface area contributed by atoms with Crippen LogP contribution in [0.1, 0.15) is 0 Å². The summed E-state index contributed by atoms with van der Waals surface area (Å²) >= 11 is 0. The van der Waals surface area contributed by atoms with Crippen molar-refractivity contribution in [2.24, 2.45) is 0 Å². The van der Waals surface area contributed by atoms with Crippen LogP contribution < -0.4 is 9.30 Å². The summed E-state index contributed by atoms with van der Waals surface area (Å²) in [5.41, 5.74) is 11.4. The van der Waals surface area contributed by atoms with Crippen LogP contribution in [0.15, 0.2) is 182 Å². The quantitative estimate of drug-likeness (QED) is 0.116. The summed E-state index contributed by atoms with van der Waals surface area (Å²) in [4.78, 5) is 0. The van der Waals surface area contributed by atoms with Crippen LogP contribution in [0.5, 0.6) is 11.5 Å². The third-order valence-corrected chi connectivity index (χ3v) is 9.66. The van der Waals surface area contributed by atoms with Crippen molar-refractivity contribution in [3.8, 4) is 50.8 Å². The zero-order valence-corrected chi connectivity index (χ0v) is 31.2. The topological polar surface area (TPSA) is 23.0 Å². The van der Waals surface area contributed by atoms with E-state index in [1.165, 1.54) is 0 Å². The van der Waals surface area contributed by atoms with E-state index in [9.17, 15) is 0 Å². The van der Waals surface area contributed by atoms with Gasteiger partial charge in [0.2, 0.25) is 0 Å². The number of fused-ring (bicyclic) bond motifs is 4. The third kappa shape index (κ3) is 6.01. The van der Waals surface area contributed by atoms with Crippen molar-refractivity contribution in [2.45, 2.75) is 0 Å². The summed E-state index contributed by atoms with van der Waals surface area (Å²) in [5.74, 6) is 1.19. The zero-order valence-electron chi connectivity index (χ0n) is 28.9. The molecule has 0 amide bonds. The van der Waals surface area contributed by atoms with Crippen molar-refractivity contribution < 1.29 is 30.4 Å². The van der Waals surface area contributed by atoms with Crippen molar-refractivity contribution >= 4 is 32.8 Å². The Morgan fingerprint density at radius 2 is 1.13 bits per heavy atom. The van der Waals surface area contributed by atoms with Crippen molar-refractivity contribution in [1.82, 2.24) is 9.13 Å². The van der Waals surface area contributed by atoms with Crippen LogP contribution in [0.2, 0.25) is 0 Å². The van der Waals surface area contributed by atoms with E-state index >= 15 is 0 Å². The Bertz CT molecular complexity index is 2860. The number of aromatic nitrogens is 3. The van der Waals surface area contributed by atoms with Gasteiger partial charge in [0, 0.05) is 17.0 Å². The van der Waals surface area contributed by atoms with E-state index in [1.807, 2.05) is 42.5 Å². The van der Waals surface area contributed by atoms with Gasteiger partial charge in [0.1, 0.15) is 0 Å². The van der Waals surface area contributed by atoms with Gasteiger partial charge in [-0.15, -0.1) is 35.7 Å². The van der Waals surface area contributed by atoms with Crippen LogP contribution >= 0.6 is 0 Å². The molecule has 0 radical (unpaired) electrons. The molecule has 256 valence electrons. The molecule has 0 saturated carbocycles. The van der Waals surface area contributed by atoms with Gasteiger partial charge in [0.15, 0.2) is 0 Å². The Morgan fingerprint density at radius 1 is 0.481 bits per heavy atom.